The number of benzene rings is 3. The van der Waals surface area contributed by atoms with Crippen LogP contribution in [0.4, 0.5) is 0 Å². The van der Waals surface area contributed by atoms with E-state index in [9.17, 15) is 4.79 Å². The standard InChI is InChI=1S/C27H25N5OS/c1-18-8-7-11-20(14-18)26-30-31-27(34)32(26)17-25(33)29-15-22(19-9-3-2-4-10-19)23-16-28-24-13-6-5-12-21(23)24/h2-14,16,22,28H,15,17H2,1H3,(H,29,33)(H,31,34). The van der Waals surface area contributed by atoms with Gasteiger partial charge in [0, 0.05) is 35.1 Å². The zero-order valence-electron chi connectivity index (χ0n) is 18.8. The smallest absolute Gasteiger partial charge is 0.240 e. The van der Waals surface area contributed by atoms with Crippen molar-refractivity contribution in [1.82, 2.24) is 25.1 Å². The molecule has 1 atom stereocenters. The van der Waals surface area contributed by atoms with E-state index in [1.54, 1.807) is 4.57 Å². The molecule has 2 aromatic heterocycles. The SMILES string of the molecule is Cc1cccc(-c2n[nH]c(=S)n2CC(=O)NCC(c2ccccc2)c2c[nH]c3ccccc23)c1. The molecular weight excluding hydrogens is 442 g/mol. The molecule has 0 bridgehead atoms. The van der Waals surface area contributed by atoms with Crippen molar-refractivity contribution >= 4 is 29.0 Å². The first-order chi connectivity index (χ1) is 16.6. The van der Waals surface area contributed by atoms with Gasteiger partial charge in [0.15, 0.2) is 10.6 Å². The van der Waals surface area contributed by atoms with E-state index < -0.39 is 0 Å². The number of para-hydroxylation sites is 1. The molecule has 0 aliphatic rings. The second-order valence-corrected chi connectivity index (χ2v) is 8.75. The maximum absolute atomic E-state index is 13.1. The molecule has 0 radical (unpaired) electrons. The maximum Gasteiger partial charge on any atom is 0.240 e. The van der Waals surface area contributed by atoms with Gasteiger partial charge in [-0.1, -0.05) is 72.3 Å². The van der Waals surface area contributed by atoms with Gasteiger partial charge in [-0.25, -0.2) is 0 Å². The van der Waals surface area contributed by atoms with Crippen molar-refractivity contribution in [2.24, 2.45) is 0 Å². The minimum Gasteiger partial charge on any atom is -0.361 e. The highest BCUT2D eigenvalue weighted by Gasteiger charge is 2.20. The maximum atomic E-state index is 13.1. The summed E-state index contributed by atoms with van der Waals surface area (Å²) in [4.78, 5) is 16.4. The highest BCUT2D eigenvalue weighted by atomic mass is 32.1. The number of carbonyl (C=O) groups excluding carboxylic acids is 1. The fourth-order valence-electron chi connectivity index (χ4n) is 4.36. The predicted octanol–water partition coefficient (Wildman–Crippen LogP) is 5.35. The van der Waals surface area contributed by atoms with Gasteiger partial charge in [0.05, 0.1) is 0 Å². The molecule has 6 nitrogen and oxygen atoms in total. The molecule has 1 amide bonds. The minimum absolute atomic E-state index is 0.00913. The van der Waals surface area contributed by atoms with Crippen molar-refractivity contribution in [3.8, 4) is 11.4 Å². The normalized spacial score (nSPS) is 12.0. The molecule has 34 heavy (non-hydrogen) atoms. The average Bonchev–Trinajstić information content (AvgIpc) is 3.44. The summed E-state index contributed by atoms with van der Waals surface area (Å²) >= 11 is 5.42. The Morgan fingerprint density at radius 1 is 1.06 bits per heavy atom. The first kappa shape index (κ1) is 21.9. The number of rotatable bonds is 7. The van der Waals surface area contributed by atoms with E-state index in [0.717, 1.165) is 33.2 Å². The van der Waals surface area contributed by atoms with Gasteiger partial charge >= 0.3 is 0 Å². The Kier molecular flexibility index (Phi) is 6.10. The van der Waals surface area contributed by atoms with Crippen LogP contribution in [0.3, 0.4) is 0 Å². The van der Waals surface area contributed by atoms with Crippen LogP contribution in [-0.4, -0.2) is 32.2 Å². The number of nitrogens with one attached hydrogen (secondary N) is 3. The van der Waals surface area contributed by atoms with Crippen LogP contribution in [0.25, 0.3) is 22.3 Å². The van der Waals surface area contributed by atoms with E-state index in [0.29, 0.717) is 17.1 Å². The Labute approximate surface area is 202 Å². The molecule has 5 rings (SSSR count). The van der Waals surface area contributed by atoms with Crippen molar-refractivity contribution in [2.45, 2.75) is 19.4 Å². The van der Waals surface area contributed by atoms with Gasteiger partial charge < -0.3 is 10.3 Å². The summed E-state index contributed by atoms with van der Waals surface area (Å²) in [6, 6.07) is 26.5. The summed E-state index contributed by atoms with van der Waals surface area (Å²) in [7, 11) is 0. The van der Waals surface area contributed by atoms with Crippen molar-refractivity contribution in [3.05, 3.63) is 107 Å². The third-order valence-electron chi connectivity index (χ3n) is 6.04. The second-order valence-electron chi connectivity index (χ2n) is 8.36. The van der Waals surface area contributed by atoms with Crippen LogP contribution in [0, 0.1) is 11.7 Å². The molecule has 1 unspecified atom stereocenters. The van der Waals surface area contributed by atoms with Gasteiger partial charge in [-0.2, -0.15) is 5.10 Å². The number of H-pyrrole nitrogens is 2. The Morgan fingerprint density at radius 2 is 1.85 bits per heavy atom. The predicted molar refractivity (Wildman–Crippen MR) is 137 cm³/mol. The Hall–Kier alpha value is -3.97. The highest BCUT2D eigenvalue weighted by molar-refractivity contribution is 7.71. The number of carbonyl (C=O) groups is 1. The first-order valence-corrected chi connectivity index (χ1v) is 11.6. The number of hydrogen-bond donors (Lipinski definition) is 3. The Balaban J connectivity index is 1.38. The van der Waals surface area contributed by atoms with Crippen molar-refractivity contribution in [3.63, 3.8) is 0 Å². The largest absolute Gasteiger partial charge is 0.361 e. The summed E-state index contributed by atoms with van der Waals surface area (Å²) in [6.07, 6.45) is 2.04. The lowest BCUT2D eigenvalue weighted by molar-refractivity contribution is -0.121. The van der Waals surface area contributed by atoms with Crippen molar-refractivity contribution < 1.29 is 4.79 Å². The molecule has 3 N–H and O–H groups in total. The lowest BCUT2D eigenvalue weighted by Gasteiger charge is -2.18. The minimum atomic E-state index is -0.118. The van der Waals surface area contributed by atoms with Gasteiger partial charge in [0.1, 0.15) is 6.54 Å². The number of aromatic amines is 2. The zero-order chi connectivity index (χ0) is 23.5. The summed E-state index contributed by atoms with van der Waals surface area (Å²) in [5, 5.41) is 11.5. The quantitative estimate of drug-likeness (QED) is 0.283. The third kappa shape index (κ3) is 4.43. The number of amides is 1. The number of aryl methyl sites for hydroxylation is 1. The van der Waals surface area contributed by atoms with Crippen molar-refractivity contribution in [2.75, 3.05) is 6.54 Å². The van der Waals surface area contributed by atoms with Gasteiger partial charge in [-0.05, 0) is 42.4 Å². The molecule has 7 heteroatoms. The van der Waals surface area contributed by atoms with Crippen LogP contribution in [0.2, 0.25) is 0 Å². The Morgan fingerprint density at radius 3 is 2.68 bits per heavy atom. The lowest BCUT2D eigenvalue weighted by atomic mass is 9.91. The third-order valence-corrected chi connectivity index (χ3v) is 6.35. The van der Waals surface area contributed by atoms with Crippen LogP contribution in [0.15, 0.2) is 85.1 Å². The topological polar surface area (TPSA) is 78.5 Å². The van der Waals surface area contributed by atoms with Gasteiger partial charge in [-0.15, -0.1) is 0 Å². The molecule has 0 aliphatic heterocycles. The number of fused-ring (bicyclic) bond motifs is 1. The Bertz CT molecular complexity index is 1500. The van der Waals surface area contributed by atoms with Crippen LogP contribution in [-0.2, 0) is 11.3 Å². The van der Waals surface area contributed by atoms with E-state index in [4.69, 9.17) is 12.2 Å². The molecule has 0 spiro atoms. The summed E-state index contributed by atoms with van der Waals surface area (Å²) < 4.78 is 2.16. The number of hydrogen-bond acceptors (Lipinski definition) is 3. The fraction of sp³-hybridized carbons (Fsp3) is 0.148. The molecule has 2 heterocycles. The van der Waals surface area contributed by atoms with Crippen molar-refractivity contribution in [1.29, 1.82) is 0 Å². The summed E-state index contributed by atoms with van der Waals surface area (Å²) in [6.45, 7) is 2.58. The summed E-state index contributed by atoms with van der Waals surface area (Å²) in [5.74, 6) is 0.544. The highest BCUT2D eigenvalue weighted by Crippen LogP contribution is 2.30. The molecule has 0 saturated carbocycles. The molecule has 0 fully saturated rings. The van der Waals surface area contributed by atoms with Crippen LogP contribution >= 0.6 is 12.2 Å². The molecule has 170 valence electrons. The molecule has 0 aliphatic carbocycles. The van der Waals surface area contributed by atoms with E-state index in [-0.39, 0.29) is 18.4 Å². The molecule has 3 aromatic carbocycles. The van der Waals surface area contributed by atoms with Gasteiger partial charge in [0.25, 0.3) is 0 Å². The van der Waals surface area contributed by atoms with Gasteiger partial charge in [-0.3, -0.25) is 14.5 Å². The number of aromatic nitrogens is 4. The lowest BCUT2D eigenvalue weighted by Crippen LogP contribution is -2.32. The first-order valence-electron chi connectivity index (χ1n) is 11.2. The van der Waals surface area contributed by atoms with E-state index >= 15 is 0 Å². The molecular formula is C27H25N5OS. The summed E-state index contributed by atoms with van der Waals surface area (Å²) in [5.41, 5.74) is 5.42. The average molecular weight is 468 g/mol. The van der Waals surface area contributed by atoms with E-state index in [2.05, 4.69) is 44.8 Å². The van der Waals surface area contributed by atoms with Crippen LogP contribution in [0.5, 0.6) is 0 Å². The van der Waals surface area contributed by atoms with Gasteiger partial charge in [0.2, 0.25) is 5.91 Å². The fourth-order valence-corrected chi connectivity index (χ4v) is 4.56. The van der Waals surface area contributed by atoms with Crippen LogP contribution in [0.1, 0.15) is 22.6 Å². The molecule has 5 aromatic rings. The molecule has 0 saturated heterocycles. The van der Waals surface area contributed by atoms with E-state index in [1.807, 2.05) is 67.7 Å². The van der Waals surface area contributed by atoms with E-state index in [1.165, 1.54) is 0 Å². The zero-order valence-corrected chi connectivity index (χ0v) is 19.6. The second kappa shape index (κ2) is 9.49. The number of nitrogens with zero attached hydrogens (tertiary/aromatic N) is 2. The van der Waals surface area contributed by atoms with Crippen LogP contribution < -0.4 is 5.32 Å². The monoisotopic (exact) mass is 467 g/mol.